The van der Waals surface area contributed by atoms with Gasteiger partial charge >= 0.3 is 0 Å². The Morgan fingerprint density at radius 2 is 1.75 bits per heavy atom. The highest BCUT2D eigenvalue weighted by atomic mass is 32.2. The van der Waals surface area contributed by atoms with Crippen molar-refractivity contribution in [1.29, 1.82) is 0 Å². The van der Waals surface area contributed by atoms with Crippen LogP contribution in [0.5, 0.6) is 5.75 Å². The average molecular weight is 360 g/mol. The molecular weight excluding hydrogens is 345 g/mol. The summed E-state index contributed by atoms with van der Waals surface area (Å²) in [6.07, 6.45) is 0.885. The number of anilines is 2. The number of benzene rings is 2. The molecule has 0 aromatic heterocycles. The fraction of sp³-hybridized carbons (Fsp3) is 0.200. The number of nitrogens with zero attached hydrogens (tertiary/aromatic N) is 1. The van der Waals surface area contributed by atoms with E-state index in [4.69, 9.17) is 10.5 Å². The summed E-state index contributed by atoms with van der Waals surface area (Å²) in [6, 6.07) is 5.32. The minimum absolute atomic E-state index is 0.0158. The molecule has 24 heavy (non-hydrogen) atoms. The Balaban J connectivity index is 2.56. The van der Waals surface area contributed by atoms with E-state index in [9.17, 15) is 21.6 Å². The maximum absolute atomic E-state index is 14.1. The number of halogens is 3. The molecule has 0 radical (unpaired) electrons. The zero-order valence-electron chi connectivity index (χ0n) is 12.9. The Morgan fingerprint density at radius 1 is 1.12 bits per heavy atom. The van der Waals surface area contributed by atoms with Gasteiger partial charge in [-0.15, -0.1) is 0 Å². The molecule has 9 heteroatoms. The van der Waals surface area contributed by atoms with Crippen molar-refractivity contribution in [3.8, 4) is 5.75 Å². The predicted molar refractivity (Wildman–Crippen MR) is 84.7 cm³/mol. The van der Waals surface area contributed by atoms with Crippen molar-refractivity contribution in [2.45, 2.75) is 6.54 Å². The summed E-state index contributed by atoms with van der Waals surface area (Å²) < 4.78 is 70.8. The summed E-state index contributed by atoms with van der Waals surface area (Å²) in [7, 11) is -2.64. The molecule has 0 fully saturated rings. The van der Waals surface area contributed by atoms with Crippen molar-refractivity contribution in [2.75, 3.05) is 23.4 Å². The van der Waals surface area contributed by atoms with Crippen LogP contribution in [0.15, 0.2) is 30.3 Å². The Hall–Kier alpha value is -2.42. The lowest BCUT2D eigenvalue weighted by Crippen LogP contribution is -2.30. The van der Waals surface area contributed by atoms with E-state index in [0.29, 0.717) is 0 Å². The second-order valence-corrected chi connectivity index (χ2v) is 6.92. The van der Waals surface area contributed by atoms with E-state index < -0.39 is 34.0 Å². The van der Waals surface area contributed by atoms with Gasteiger partial charge in [-0.2, -0.15) is 0 Å². The summed E-state index contributed by atoms with van der Waals surface area (Å²) in [5, 5.41) is 0. The summed E-state index contributed by atoms with van der Waals surface area (Å²) >= 11 is 0. The molecule has 0 aliphatic heterocycles. The lowest BCUT2D eigenvalue weighted by Gasteiger charge is -2.24. The van der Waals surface area contributed by atoms with Gasteiger partial charge in [0.25, 0.3) is 0 Å². The number of nitrogens with two attached hydrogens (primary N) is 1. The van der Waals surface area contributed by atoms with E-state index in [1.807, 2.05) is 0 Å². The average Bonchev–Trinajstić information content (AvgIpc) is 2.50. The first-order valence-corrected chi connectivity index (χ1v) is 8.53. The third kappa shape index (κ3) is 3.56. The smallest absolute Gasteiger partial charge is 0.232 e. The summed E-state index contributed by atoms with van der Waals surface area (Å²) in [5.41, 5.74) is 4.91. The number of ether oxygens (including phenoxy) is 1. The Morgan fingerprint density at radius 3 is 2.29 bits per heavy atom. The molecule has 130 valence electrons. The molecule has 0 unspecified atom stereocenters. The standard InChI is InChI=1S/C15H15F3N2O3S/c1-23-14-6-5-12(17)15(18)10(14)8-20(24(2,21)22)9-3-4-11(16)13(19)7-9/h3-7H,8,19H2,1-2H3. The van der Waals surface area contributed by atoms with Crippen LogP contribution in [-0.4, -0.2) is 21.8 Å². The number of rotatable bonds is 5. The first kappa shape index (κ1) is 17.9. The van der Waals surface area contributed by atoms with Crippen LogP contribution in [0.4, 0.5) is 24.5 Å². The van der Waals surface area contributed by atoms with E-state index in [-0.39, 0.29) is 22.7 Å². The van der Waals surface area contributed by atoms with E-state index in [1.54, 1.807) is 0 Å². The quantitative estimate of drug-likeness (QED) is 0.832. The van der Waals surface area contributed by atoms with Crippen LogP contribution in [0.25, 0.3) is 0 Å². The van der Waals surface area contributed by atoms with Crippen LogP contribution >= 0.6 is 0 Å². The van der Waals surface area contributed by atoms with Crippen molar-refractivity contribution >= 4 is 21.4 Å². The molecule has 0 heterocycles. The molecule has 0 amide bonds. The SMILES string of the molecule is COc1ccc(F)c(F)c1CN(c1ccc(F)c(N)c1)S(C)(=O)=O. The zero-order valence-corrected chi connectivity index (χ0v) is 13.7. The molecule has 0 saturated heterocycles. The molecule has 2 aromatic rings. The molecule has 0 aliphatic rings. The van der Waals surface area contributed by atoms with E-state index >= 15 is 0 Å². The van der Waals surface area contributed by atoms with Crippen molar-refractivity contribution < 1.29 is 26.3 Å². The summed E-state index contributed by atoms with van der Waals surface area (Å²) in [6.45, 7) is -0.545. The van der Waals surface area contributed by atoms with Crippen molar-refractivity contribution in [2.24, 2.45) is 0 Å². The highest BCUT2D eigenvalue weighted by Crippen LogP contribution is 2.30. The third-order valence-electron chi connectivity index (χ3n) is 3.34. The summed E-state index contributed by atoms with van der Waals surface area (Å²) in [4.78, 5) is 0. The van der Waals surface area contributed by atoms with Gasteiger partial charge in [0.2, 0.25) is 10.0 Å². The molecule has 2 rings (SSSR count). The third-order valence-corrected chi connectivity index (χ3v) is 4.48. The second-order valence-electron chi connectivity index (χ2n) is 5.02. The van der Waals surface area contributed by atoms with E-state index in [2.05, 4.69) is 0 Å². The molecule has 0 bridgehead atoms. The van der Waals surface area contributed by atoms with Gasteiger partial charge in [-0.05, 0) is 30.3 Å². The number of nitrogen functional groups attached to an aromatic ring is 1. The first-order valence-electron chi connectivity index (χ1n) is 6.68. The van der Waals surface area contributed by atoms with Crippen LogP contribution in [0.3, 0.4) is 0 Å². The van der Waals surface area contributed by atoms with E-state index in [1.165, 1.54) is 19.2 Å². The number of hydrogen-bond donors (Lipinski definition) is 1. The van der Waals surface area contributed by atoms with Crippen molar-refractivity contribution in [1.82, 2.24) is 0 Å². The fourth-order valence-electron chi connectivity index (χ4n) is 2.14. The van der Waals surface area contributed by atoms with Gasteiger partial charge in [0, 0.05) is 0 Å². The van der Waals surface area contributed by atoms with Gasteiger partial charge < -0.3 is 10.5 Å². The van der Waals surface area contributed by atoms with E-state index in [0.717, 1.165) is 28.8 Å². The topological polar surface area (TPSA) is 72.6 Å². The molecule has 5 nitrogen and oxygen atoms in total. The van der Waals surface area contributed by atoms with Crippen molar-refractivity contribution in [3.05, 3.63) is 53.3 Å². The highest BCUT2D eigenvalue weighted by Gasteiger charge is 2.24. The maximum atomic E-state index is 14.1. The number of methoxy groups -OCH3 is 1. The largest absolute Gasteiger partial charge is 0.496 e. The molecule has 0 saturated carbocycles. The lowest BCUT2D eigenvalue weighted by atomic mass is 10.1. The minimum Gasteiger partial charge on any atom is -0.496 e. The normalized spacial score (nSPS) is 11.4. The molecule has 0 spiro atoms. The zero-order chi connectivity index (χ0) is 18.1. The molecule has 0 aliphatic carbocycles. The van der Waals surface area contributed by atoms with Gasteiger partial charge in [-0.1, -0.05) is 0 Å². The van der Waals surface area contributed by atoms with Gasteiger partial charge in [-0.25, -0.2) is 21.6 Å². The minimum atomic E-state index is -3.89. The van der Waals surface area contributed by atoms with Crippen LogP contribution in [-0.2, 0) is 16.6 Å². The van der Waals surface area contributed by atoms with Gasteiger partial charge in [0.1, 0.15) is 11.6 Å². The van der Waals surface area contributed by atoms with Crippen LogP contribution in [0.1, 0.15) is 5.56 Å². The van der Waals surface area contributed by atoms with Gasteiger partial charge in [-0.3, -0.25) is 4.31 Å². The molecule has 2 aromatic carbocycles. The maximum Gasteiger partial charge on any atom is 0.232 e. The number of sulfonamides is 1. The first-order chi connectivity index (χ1) is 11.1. The van der Waals surface area contributed by atoms with Crippen molar-refractivity contribution in [3.63, 3.8) is 0 Å². The summed E-state index contributed by atoms with van der Waals surface area (Å²) in [5.74, 6) is -3.10. The van der Waals surface area contributed by atoms with Crippen LogP contribution in [0.2, 0.25) is 0 Å². The molecule has 0 atom stereocenters. The highest BCUT2D eigenvalue weighted by molar-refractivity contribution is 7.92. The lowest BCUT2D eigenvalue weighted by molar-refractivity contribution is 0.398. The van der Waals surface area contributed by atoms with Crippen LogP contribution < -0.4 is 14.8 Å². The monoisotopic (exact) mass is 360 g/mol. The van der Waals surface area contributed by atoms with Gasteiger partial charge in [0.05, 0.1) is 36.8 Å². The second kappa shape index (κ2) is 6.60. The van der Waals surface area contributed by atoms with Gasteiger partial charge in [0.15, 0.2) is 11.6 Å². The number of hydrogen-bond acceptors (Lipinski definition) is 4. The Bertz CT molecular complexity index is 873. The predicted octanol–water partition coefficient (Wildman–Crippen LogP) is 2.66. The van der Waals surface area contributed by atoms with Crippen LogP contribution in [0, 0.1) is 17.5 Å². The fourth-order valence-corrected chi connectivity index (χ4v) is 3.00. The Kier molecular flexibility index (Phi) is 4.93. The molecule has 2 N–H and O–H groups in total. The Labute approximate surface area is 137 Å². The molecular formula is C15H15F3N2O3S.